The van der Waals surface area contributed by atoms with Gasteiger partial charge in [-0.15, -0.1) is 0 Å². The molecule has 3 aromatic carbocycles. The zero-order valence-electron chi connectivity index (χ0n) is 29.1. The molecule has 0 radical (unpaired) electrons. The first-order valence-electron chi connectivity index (χ1n) is 17.0. The predicted octanol–water partition coefficient (Wildman–Crippen LogP) is 3.96. The van der Waals surface area contributed by atoms with Gasteiger partial charge in [0.2, 0.25) is 0 Å². The molecule has 11 heteroatoms. The van der Waals surface area contributed by atoms with Gasteiger partial charge in [-0.1, -0.05) is 93.6 Å². The largest absolute Gasteiger partial charge is 0.405 e. The van der Waals surface area contributed by atoms with Crippen LogP contribution in [0.5, 0.6) is 0 Å². The van der Waals surface area contributed by atoms with Gasteiger partial charge in [-0.2, -0.15) is 0 Å². The average molecular weight is 694 g/mol. The molecule has 2 amide bonds. The second-order valence-corrected chi connectivity index (χ2v) is 16.8. The van der Waals surface area contributed by atoms with E-state index < -0.39 is 8.32 Å². The number of carbonyl (C=O) groups is 2. The Morgan fingerprint density at radius 2 is 0.796 bits per heavy atom. The van der Waals surface area contributed by atoms with E-state index in [4.69, 9.17) is 32.8 Å². The summed E-state index contributed by atoms with van der Waals surface area (Å²) in [5, 5.41) is 2.45. The monoisotopic (exact) mass is 693 g/mol. The van der Waals surface area contributed by atoms with Crippen molar-refractivity contribution in [2.75, 3.05) is 92.4 Å². The van der Waals surface area contributed by atoms with Crippen LogP contribution in [-0.2, 0) is 32.8 Å². The third-order valence-corrected chi connectivity index (χ3v) is 13.2. The van der Waals surface area contributed by atoms with E-state index in [1.54, 1.807) is 24.3 Å². The maximum atomic E-state index is 12.3. The number of nitrogens with zero attached hydrogens (tertiary/aromatic N) is 1. The summed E-state index contributed by atoms with van der Waals surface area (Å²) in [5.74, 6) is -0.548. The summed E-state index contributed by atoms with van der Waals surface area (Å²) in [6.07, 6.45) is 0. The van der Waals surface area contributed by atoms with E-state index in [1.165, 1.54) is 15.3 Å². The van der Waals surface area contributed by atoms with E-state index in [1.807, 2.05) is 12.1 Å². The predicted molar refractivity (Wildman–Crippen MR) is 190 cm³/mol. The Bertz CT molecular complexity index is 1330. The minimum absolute atomic E-state index is 0.0643. The standard InChI is InChI=1S/C38H51NO9Si/c1-38(2,3)49(32-12-6-4-7-13-32,33-14-8-5-9-15-33)48-31-30-47-29-28-46-27-26-45-25-24-44-23-22-43-21-20-42-19-18-39-36(40)34-16-10-11-17-35(34)37(39)41/h4-17H,18-31H2,1-3H3. The Hall–Kier alpha value is -3.26. The van der Waals surface area contributed by atoms with Gasteiger partial charge in [-0.05, 0) is 27.5 Å². The number of carbonyl (C=O) groups excluding carboxylic acids is 2. The molecule has 1 heterocycles. The second-order valence-electron chi connectivity index (χ2n) is 12.5. The number of amides is 2. The summed E-state index contributed by atoms with van der Waals surface area (Å²) in [6, 6.07) is 28.0. The van der Waals surface area contributed by atoms with Crippen molar-refractivity contribution in [3.05, 3.63) is 96.1 Å². The van der Waals surface area contributed by atoms with Gasteiger partial charge in [0.15, 0.2) is 0 Å². The highest BCUT2D eigenvalue weighted by Crippen LogP contribution is 2.36. The van der Waals surface area contributed by atoms with Crippen LogP contribution in [0.2, 0.25) is 5.04 Å². The lowest BCUT2D eigenvalue weighted by Gasteiger charge is -2.43. The molecule has 0 saturated heterocycles. The molecule has 4 rings (SSSR count). The van der Waals surface area contributed by atoms with E-state index >= 15 is 0 Å². The van der Waals surface area contributed by atoms with Crippen molar-refractivity contribution in [2.24, 2.45) is 0 Å². The van der Waals surface area contributed by atoms with Crippen LogP contribution in [0.25, 0.3) is 0 Å². The van der Waals surface area contributed by atoms with Crippen LogP contribution >= 0.6 is 0 Å². The normalized spacial score (nSPS) is 13.3. The number of hydrogen-bond acceptors (Lipinski definition) is 9. The molecule has 10 nitrogen and oxygen atoms in total. The number of imide groups is 1. The van der Waals surface area contributed by atoms with Crippen LogP contribution in [0.1, 0.15) is 41.5 Å². The fraction of sp³-hybridized carbons (Fsp3) is 0.474. The van der Waals surface area contributed by atoms with Crippen molar-refractivity contribution in [2.45, 2.75) is 25.8 Å². The van der Waals surface area contributed by atoms with Crippen molar-refractivity contribution < 1.29 is 42.4 Å². The Morgan fingerprint density at radius 3 is 1.16 bits per heavy atom. The van der Waals surface area contributed by atoms with E-state index in [2.05, 4.69) is 69.3 Å². The lowest BCUT2D eigenvalue weighted by Crippen LogP contribution is -2.66. The first-order chi connectivity index (χ1) is 23.9. The molecule has 0 unspecified atom stereocenters. The first kappa shape index (κ1) is 38.5. The maximum Gasteiger partial charge on any atom is 0.261 e. The summed E-state index contributed by atoms with van der Waals surface area (Å²) < 4.78 is 40.4. The van der Waals surface area contributed by atoms with E-state index in [0.29, 0.717) is 90.4 Å². The molecule has 49 heavy (non-hydrogen) atoms. The van der Waals surface area contributed by atoms with Gasteiger partial charge in [-0.3, -0.25) is 14.5 Å². The quantitative estimate of drug-likeness (QED) is 0.0785. The maximum absolute atomic E-state index is 12.3. The van der Waals surface area contributed by atoms with Crippen LogP contribution in [0.15, 0.2) is 84.9 Å². The number of ether oxygens (including phenoxy) is 6. The fourth-order valence-electron chi connectivity index (χ4n) is 5.81. The highest BCUT2D eigenvalue weighted by Gasteiger charge is 2.50. The Morgan fingerprint density at radius 1 is 0.469 bits per heavy atom. The Kier molecular flexibility index (Phi) is 16.1. The van der Waals surface area contributed by atoms with Crippen LogP contribution in [0.3, 0.4) is 0 Å². The van der Waals surface area contributed by atoms with Gasteiger partial charge < -0.3 is 32.8 Å². The molecule has 3 aromatic rings. The molecule has 0 saturated carbocycles. The summed E-state index contributed by atoms with van der Waals surface area (Å²) in [5.41, 5.74) is 0.890. The molecule has 0 N–H and O–H groups in total. The summed E-state index contributed by atoms with van der Waals surface area (Å²) in [7, 11) is -2.55. The zero-order chi connectivity index (χ0) is 34.8. The molecule has 1 aliphatic heterocycles. The van der Waals surface area contributed by atoms with Crippen molar-refractivity contribution in [1.29, 1.82) is 0 Å². The highest BCUT2D eigenvalue weighted by atomic mass is 28.4. The first-order valence-corrected chi connectivity index (χ1v) is 18.9. The molecule has 0 bridgehead atoms. The van der Waals surface area contributed by atoms with Crippen molar-refractivity contribution >= 4 is 30.5 Å². The molecular weight excluding hydrogens is 643 g/mol. The zero-order valence-corrected chi connectivity index (χ0v) is 30.1. The van der Waals surface area contributed by atoms with Crippen molar-refractivity contribution in [1.82, 2.24) is 4.90 Å². The fourth-order valence-corrected chi connectivity index (χ4v) is 10.4. The lowest BCUT2D eigenvalue weighted by atomic mass is 10.1. The van der Waals surface area contributed by atoms with Crippen LogP contribution in [-0.4, -0.2) is 117 Å². The molecule has 0 aromatic heterocycles. The van der Waals surface area contributed by atoms with Crippen LogP contribution in [0.4, 0.5) is 0 Å². The van der Waals surface area contributed by atoms with E-state index in [9.17, 15) is 9.59 Å². The average Bonchev–Trinajstić information content (AvgIpc) is 3.35. The summed E-state index contributed by atoms with van der Waals surface area (Å²) >= 11 is 0. The molecular formula is C38H51NO9Si. The topological polar surface area (TPSA) is 102 Å². The Labute approximate surface area is 291 Å². The lowest BCUT2D eigenvalue weighted by molar-refractivity contribution is -0.0183. The molecule has 0 atom stereocenters. The number of hydrogen-bond donors (Lipinski definition) is 0. The van der Waals surface area contributed by atoms with Crippen molar-refractivity contribution in [3.63, 3.8) is 0 Å². The second kappa shape index (κ2) is 20.4. The SMILES string of the molecule is CC(C)(C)[Si](OCCOCCOCCOCCOCCOCCOCCN1C(=O)c2ccccc2C1=O)(c1ccccc1)c1ccccc1. The van der Waals surface area contributed by atoms with Crippen LogP contribution < -0.4 is 10.4 Å². The van der Waals surface area contributed by atoms with Crippen LogP contribution in [0, 0.1) is 0 Å². The van der Waals surface area contributed by atoms with Gasteiger partial charge in [-0.25, -0.2) is 0 Å². The minimum Gasteiger partial charge on any atom is -0.405 e. The summed E-state index contributed by atoms with van der Waals surface area (Å²) in [6.45, 7) is 12.8. The van der Waals surface area contributed by atoms with Gasteiger partial charge in [0, 0.05) is 0 Å². The number of fused-ring (bicyclic) bond motifs is 1. The van der Waals surface area contributed by atoms with Gasteiger partial charge in [0.05, 0.1) is 104 Å². The van der Waals surface area contributed by atoms with Gasteiger partial charge >= 0.3 is 0 Å². The van der Waals surface area contributed by atoms with Gasteiger partial charge in [0.25, 0.3) is 20.1 Å². The molecule has 266 valence electrons. The Balaban J connectivity index is 0.942. The summed E-state index contributed by atoms with van der Waals surface area (Å²) in [4.78, 5) is 25.9. The number of rotatable bonds is 24. The van der Waals surface area contributed by atoms with E-state index in [0.717, 1.165) is 0 Å². The molecule has 0 aliphatic carbocycles. The van der Waals surface area contributed by atoms with Crippen molar-refractivity contribution in [3.8, 4) is 0 Å². The molecule has 1 aliphatic rings. The third-order valence-electron chi connectivity index (χ3n) is 8.16. The molecule has 0 spiro atoms. The molecule has 0 fully saturated rings. The smallest absolute Gasteiger partial charge is 0.261 e. The van der Waals surface area contributed by atoms with E-state index in [-0.39, 0.29) is 30.0 Å². The number of benzene rings is 3. The van der Waals surface area contributed by atoms with Gasteiger partial charge in [0.1, 0.15) is 0 Å². The third kappa shape index (κ3) is 11.1. The highest BCUT2D eigenvalue weighted by molar-refractivity contribution is 6.99. The minimum atomic E-state index is -2.55.